The molecule has 0 bridgehead atoms. The van der Waals surface area contributed by atoms with Gasteiger partial charge in [0.2, 0.25) is 0 Å². The molecule has 2 N–H and O–H groups in total. The maximum absolute atomic E-state index is 10.0. The van der Waals surface area contributed by atoms with Crippen molar-refractivity contribution in [1.82, 2.24) is 0 Å². The van der Waals surface area contributed by atoms with Crippen molar-refractivity contribution in [3.63, 3.8) is 0 Å². The van der Waals surface area contributed by atoms with Gasteiger partial charge in [-0.15, -0.1) is 0 Å². The lowest BCUT2D eigenvalue weighted by Gasteiger charge is -1.91. The number of hydrogen-bond donors (Lipinski definition) is 1. The molecule has 0 heterocycles. The number of nitrogens with two attached hydrogens (primary N) is 1. The summed E-state index contributed by atoms with van der Waals surface area (Å²) in [5, 5.41) is 0. The summed E-state index contributed by atoms with van der Waals surface area (Å²) in [6.45, 7) is 11.7. The van der Waals surface area contributed by atoms with Gasteiger partial charge < -0.3 is 10.5 Å². The molecule has 0 aliphatic carbocycles. The maximum Gasteiger partial charge on any atom is 0.129 e. The molecule has 0 unspecified atom stereocenters. The number of carbonyl (C=O) groups excluding carboxylic acids is 1. The van der Waals surface area contributed by atoms with E-state index in [1.807, 2.05) is 70.2 Å². The molecule has 2 heteroatoms. The number of benzene rings is 1. The number of rotatable bonds is 4. The Bertz CT molecular complexity index is 291. The topological polar surface area (TPSA) is 43.1 Å². The van der Waals surface area contributed by atoms with Crippen molar-refractivity contribution in [2.24, 2.45) is 5.73 Å². The number of carbonyl (C=O) groups is 1. The first-order chi connectivity index (χ1) is 10.1. The molecule has 21 heavy (non-hydrogen) atoms. The zero-order valence-electron chi connectivity index (χ0n) is 14.9. The fourth-order valence-corrected chi connectivity index (χ4v) is 1.17. The molecule has 2 nitrogen and oxygen atoms in total. The van der Waals surface area contributed by atoms with Crippen LogP contribution in [0, 0.1) is 0 Å². The summed E-state index contributed by atoms with van der Waals surface area (Å²) in [5.74, 6) is 0.289. The van der Waals surface area contributed by atoms with E-state index in [1.165, 1.54) is 0 Å². The molecule has 1 aromatic carbocycles. The van der Waals surface area contributed by atoms with Crippen LogP contribution in [0.4, 0.5) is 0 Å². The molecular weight excluding hydrogens is 258 g/mol. The highest BCUT2D eigenvalue weighted by Gasteiger charge is 1.83. The van der Waals surface area contributed by atoms with Crippen molar-refractivity contribution >= 4 is 5.78 Å². The van der Waals surface area contributed by atoms with Crippen LogP contribution < -0.4 is 5.73 Å². The second-order valence-corrected chi connectivity index (χ2v) is 4.22. The molecule has 0 spiro atoms. The van der Waals surface area contributed by atoms with Crippen LogP contribution >= 0.6 is 0 Å². The van der Waals surface area contributed by atoms with Gasteiger partial charge in [0.25, 0.3) is 0 Å². The Hall–Kier alpha value is -1.57. The van der Waals surface area contributed by atoms with Crippen molar-refractivity contribution < 1.29 is 4.79 Å². The molecule has 0 saturated carbocycles. The summed E-state index contributed by atoms with van der Waals surface area (Å²) in [4.78, 5) is 10.0. The van der Waals surface area contributed by atoms with Gasteiger partial charge >= 0.3 is 0 Å². The second-order valence-electron chi connectivity index (χ2n) is 4.22. The third-order valence-electron chi connectivity index (χ3n) is 2.18. The highest BCUT2D eigenvalue weighted by atomic mass is 16.1. The van der Waals surface area contributed by atoms with Crippen molar-refractivity contribution in [3.05, 3.63) is 48.2 Å². The summed E-state index contributed by atoms with van der Waals surface area (Å²) < 4.78 is 0. The van der Waals surface area contributed by atoms with Gasteiger partial charge in [0.05, 0.1) is 0 Å². The molecule has 0 aliphatic heterocycles. The van der Waals surface area contributed by atoms with E-state index < -0.39 is 0 Å². The predicted molar refractivity (Wildman–Crippen MR) is 96.2 cm³/mol. The fraction of sp³-hybridized carbons (Fsp3) is 0.526. The zero-order valence-corrected chi connectivity index (χ0v) is 14.9. The van der Waals surface area contributed by atoms with Gasteiger partial charge in [0, 0.05) is 12.1 Å². The van der Waals surface area contributed by atoms with E-state index in [4.69, 9.17) is 5.73 Å². The standard InChI is InChI=1S/C6H13N.C6H6.C5H10O.C2H6/c1-3-5-6(7)4-2;1-2-4-6-5-3-1;1-3-4-5(2)6;1-2/h4H,3,5,7H2,1-2H3;1-6H;3-4H2,1-2H3;1-2H3/b6-4+;;;. The van der Waals surface area contributed by atoms with E-state index in [9.17, 15) is 4.79 Å². The van der Waals surface area contributed by atoms with Crippen LogP contribution in [-0.4, -0.2) is 5.78 Å². The largest absolute Gasteiger partial charge is 0.402 e. The number of hydrogen-bond acceptors (Lipinski definition) is 2. The third-order valence-corrected chi connectivity index (χ3v) is 2.18. The smallest absolute Gasteiger partial charge is 0.129 e. The zero-order chi connectivity index (χ0) is 16.9. The maximum atomic E-state index is 10.0. The van der Waals surface area contributed by atoms with Crippen molar-refractivity contribution in [2.45, 2.75) is 67.2 Å². The third kappa shape index (κ3) is 32.2. The summed E-state index contributed by atoms with van der Waals surface area (Å²) in [6, 6.07) is 12.0. The first-order valence-corrected chi connectivity index (χ1v) is 7.98. The monoisotopic (exact) mass is 293 g/mol. The molecule has 0 amide bonds. The first kappa shape index (κ1) is 24.4. The fourth-order valence-electron chi connectivity index (χ4n) is 1.17. The minimum absolute atomic E-state index is 0.289. The van der Waals surface area contributed by atoms with Gasteiger partial charge in [-0.25, -0.2) is 0 Å². The molecule has 0 aromatic heterocycles. The average Bonchev–Trinajstić information content (AvgIpc) is 2.52. The molecular formula is C19H35NO. The van der Waals surface area contributed by atoms with Crippen LogP contribution in [0.25, 0.3) is 0 Å². The minimum Gasteiger partial charge on any atom is -0.402 e. The van der Waals surface area contributed by atoms with Crippen LogP contribution in [0.3, 0.4) is 0 Å². The number of ketones is 1. The summed E-state index contributed by atoms with van der Waals surface area (Å²) >= 11 is 0. The Balaban J connectivity index is -0.000000219. The quantitative estimate of drug-likeness (QED) is 0.769. The Morgan fingerprint density at radius 2 is 1.24 bits per heavy atom. The molecule has 0 atom stereocenters. The Kier molecular flexibility index (Phi) is 27.4. The van der Waals surface area contributed by atoms with Crippen LogP contribution in [0.5, 0.6) is 0 Å². The summed E-state index contributed by atoms with van der Waals surface area (Å²) in [5.41, 5.74) is 6.45. The van der Waals surface area contributed by atoms with E-state index in [0.717, 1.165) is 31.4 Å². The number of allylic oxidation sites excluding steroid dienone is 2. The molecule has 0 saturated heterocycles. The lowest BCUT2D eigenvalue weighted by Crippen LogP contribution is -1.93. The molecule has 1 rings (SSSR count). The second kappa shape index (κ2) is 23.5. The van der Waals surface area contributed by atoms with E-state index >= 15 is 0 Å². The highest BCUT2D eigenvalue weighted by Crippen LogP contribution is 1.94. The van der Waals surface area contributed by atoms with Crippen LogP contribution in [0.2, 0.25) is 0 Å². The van der Waals surface area contributed by atoms with E-state index in [2.05, 4.69) is 6.92 Å². The lowest BCUT2D eigenvalue weighted by atomic mass is 10.2. The van der Waals surface area contributed by atoms with Crippen molar-refractivity contribution in [2.75, 3.05) is 0 Å². The first-order valence-electron chi connectivity index (χ1n) is 7.98. The summed E-state index contributed by atoms with van der Waals surface area (Å²) in [6.07, 6.45) is 5.85. The summed E-state index contributed by atoms with van der Waals surface area (Å²) in [7, 11) is 0. The van der Waals surface area contributed by atoms with E-state index in [-0.39, 0.29) is 5.78 Å². The van der Waals surface area contributed by atoms with Gasteiger partial charge in [0.15, 0.2) is 0 Å². The van der Waals surface area contributed by atoms with Crippen LogP contribution in [0.1, 0.15) is 67.2 Å². The highest BCUT2D eigenvalue weighted by molar-refractivity contribution is 5.75. The van der Waals surface area contributed by atoms with Gasteiger partial charge in [-0.05, 0) is 26.7 Å². The average molecular weight is 293 g/mol. The predicted octanol–water partition coefficient (Wildman–Crippen LogP) is 5.74. The van der Waals surface area contributed by atoms with Crippen LogP contribution in [0.15, 0.2) is 48.2 Å². The molecule has 0 aliphatic rings. The van der Waals surface area contributed by atoms with E-state index in [0.29, 0.717) is 0 Å². The minimum atomic E-state index is 0.289. The number of Topliss-reactive ketones (excluding diaryl/α,β-unsaturated/α-hetero) is 1. The van der Waals surface area contributed by atoms with Crippen molar-refractivity contribution in [3.8, 4) is 0 Å². The van der Waals surface area contributed by atoms with Gasteiger partial charge in [-0.1, -0.05) is 76.6 Å². The van der Waals surface area contributed by atoms with Gasteiger partial charge in [-0.3, -0.25) is 0 Å². The molecule has 0 radical (unpaired) electrons. The lowest BCUT2D eigenvalue weighted by molar-refractivity contribution is -0.117. The molecule has 0 fully saturated rings. The normalized spacial score (nSPS) is 8.95. The molecule has 122 valence electrons. The Morgan fingerprint density at radius 1 is 0.905 bits per heavy atom. The van der Waals surface area contributed by atoms with Gasteiger partial charge in [-0.2, -0.15) is 0 Å². The van der Waals surface area contributed by atoms with Crippen molar-refractivity contribution in [1.29, 1.82) is 0 Å². The van der Waals surface area contributed by atoms with E-state index in [1.54, 1.807) is 6.92 Å². The SMILES string of the molecule is C/C=C(/N)CCC.CC.CCCC(C)=O.c1ccccc1. The Morgan fingerprint density at radius 3 is 1.33 bits per heavy atom. The van der Waals surface area contributed by atoms with Gasteiger partial charge in [0.1, 0.15) is 5.78 Å². The molecule has 1 aromatic rings. The van der Waals surface area contributed by atoms with Crippen LogP contribution in [-0.2, 0) is 4.79 Å². The Labute approximate surface area is 132 Å².